The molecule has 0 aliphatic rings. The fraction of sp³-hybridized carbons (Fsp3) is 0.577. The zero-order valence-corrected chi connectivity index (χ0v) is 42.2. The first-order chi connectivity index (χ1) is 28.4. The molecular formula is C52H80F2N6S. The second-order valence-electron chi connectivity index (χ2n) is 18.8. The molecule has 338 valence electrons. The molecule has 5 aromatic rings. The smallest absolute Gasteiger partial charge is 0.162 e. The van der Waals surface area contributed by atoms with Gasteiger partial charge in [-0.3, -0.25) is 15.0 Å². The fourth-order valence-electron chi connectivity index (χ4n) is 5.32. The second kappa shape index (κ2) is 27.2. The van der Waals surface area contributed by atoms with Crippen molar-refractivity contribution < 1.29 is 8.78 Å². The molecule has 0 radical (unpaired) electrons. The lowest BCUT2D eigenvalue weighted by Crippen LogP contribution is -2.02. The highest BCUT2D eigenvalue weighted by atomic mass is 32.1. The predicted octanol–water partition coefficient (Wildman–Crippen LogP) is 16.4. The lowest BCUT2D eigenvalue weighted by atomic mass is 9.96. The summed E-state index contributed by atoms with van der Waals surface area (Å²) in [5.74, 6) is 2.86. The van der Waals surface area contributed by atoms with Gasteiger partial charge >= 0.3 is 0 Å². The van der Waals surface area contributed by atoms with Crippen LogP contribution < -0.4 is 0 Å². The number of benzene rings is 1. The van der Waals surface area contributed by atoms with Crippen molar-refractivity contribution >= 4 is 11.3 Å². The van der Waals surface area contributed by atoms with Crippen LogP contribution in [-0.2, 0) is 0 Å². The van der Waals surface area contributed by atoms with Crippen LogP contribution in [0.1, 0.15) is 253 Å². The van der Waals surface area contributed by atoms with Gasteiger partial charge in [0.2, 0.25) is 0 Å². The monoisotopic (exact) mass is 859 g/mol. The lowest BCUT2D eigenvalue weighted by Gasteiger charge is -2.12. The average Bonchev–Trinajstić information content (AvgIpc) is 3.71. The maximum absolute atomic E-state index is 13.5. The van der Waals surface area contributed by atoms with Crippen molar-refractivity contribution in [2.24, 2.45) is 0 Å². The summed E-state index contributed by atoms with van der Waals surface area (Å²) in [7, 11) is 0. The number of pyridine rings is 1. The van der Waals surface area contributed by atoms with Gasteiger partial charge in [0.05, 0.1) is 27.8 Å². The minimum Gasteiger partial charge on any atom is -0.261 e. The number of thiazole rings is 1. The Bertz CT molecular complexity index is 1660. The van der Waals surface area contributed by atoms with Crippen molar-refractivity contribution in [2.75, 3.05) is 0 Å². The summed E-state index contributed by atoms with van der Waals surface area (Å²) in [6.45, 7) is 41.9. The molecule has 0 bridgehead atoms. The Morgan fingerprint density at radius 2 is 0.721 bits per heavy atom. The van der Waals surface area contributed by atoms with Gasteiger partial charge in [-0.2, -0.15) is 10.2 Å². The van der Waals surface area contributed by atoms with Crippen molar-refractivity contribution in [3.8, 4) is 0 Å². The number of rotatable bonds is 10. The van der Waals surface area contributed by atoms with E-state index in [-0.39, 0.29) is 11.8 Å². The molecule has 0 aliphatic heterocycles. The van der Waals surface area contributed by atoms with Crippen LogP contribution >= 0.6 is 11.3 Å². The van der Waals surface area contributed by atoms with Crippen LogP contribution in [0, 0.1) is 11.6 Å². The topological polar surface area (TPSA) is 77.3 Å². The molecule has 0 saturated carbocycles. The van der Waals surface area contributed by atoms with Gasteiger partial charge in [0.15, 0.2) is 11.6 Å². The third-order valence-corrected chi connectivity index (χ3v) is 11.4. The summed E-state index contributed by atoms with van der Waals surface area (Å²) in [5.41, 5.74) is 7.68. The third kappa shape index (κ3) is 19.3. The Morgan fingerprint density at radius 3 is 0.951 bits per heavy atom. The Hall–Kier alpha value is -3.98. The highest BCUT2D eigenvalue weighted by Gasteiger charge is 2.17. The molecule has 0 N–H and O–H groups in total. The van der Waals surface area contributed by atoms with E-state index in [4.69, 9.17) is 0 Å². The summed E-state index contributed by atoms with van der Waals surface area (Å²) in [6, 6.07) is 11.8. The minimum atomic E-state index is -0.689. The summed E-state index contributed by atoms with van der Waals surface area (Å²) in [5, 5.41) is 9.56. The molecule has 0 spiro atoms. The Balaban J connectivity index is 0.000000382. The van der Waals surface area contributed by atoms with Crippen LogP contribution in [0.25, 0.3) is 0 Å². The predicted molar refractivity (Wildman–Crippen MR) is 258 cm³/mol. The average molecular weight is 859 g/mol. The normalized spacial score (nSPS) is 11.3. The maximum atomic E-state index is 13.5. The van der Waals surface area contributed by atoms with Gasteiger partial charge in [0.1, 0.15) is 0 Å². The van der Waals surface area contributed by atoms with E-state index in [0.717, 1.165) is 22.8 Å². The summed E-state index contributed by atoms with van der Waals surface area (Å²) >= 11 is 1.84. The molecule has 0 atom stereocenters. The first kappa shape index (κ1) is 55.0. The molecule has 0 amide bonds. The molecule has 9 heteroatoms. The summed E-state index contributed by atoms with van der Waals surface area (Å²) in [6.07, 6.45) is 7.74. The standard InChI is InChI=1S/C12H16F2.C11H17N.2C10H16N2.C9H15NS/c1-7(2)9-5-6-10(8(3)4)12(14)11(9)13;1-8(2)10-5-6-11(9(3)4)12-7-10;1-7(2)9-5-12-10(6-11-9)8(3)4;1-7(2)9-5-6-10(8(3)4)12-11-9;1-6(2)8-5-10-9(11-8)7(3)4/h5-8H,1-4H3;5-9H,1-4H3;2*5-8H,1-4H3;5-7H,1-4H3. The molecule has 0 saturated heterocycles. The number of hydrogen-bond acceptors (Lipinski definition) is 7. The van der Waals surface area contributed by atoms with Gasteiger partial charge in [-0.1, -0.05) is 157 Å². The zero-order valence-electron chi connectivity index (χ0n) is 41.4. The summed E-state index contributed by atoms with van der Waals surface area (Å²) < 4.78 is 27.0. The fourth-order valence-corrected chi connectivity index (χ4v) is 6.24. The molecule has 0 aliphatic carbocycles. The molecule has 61 heavy (non-hydrogen) atoms. The lowest BCUT2D eigenvalue weighted by molar-refractivity contribution is 0.480. The minimum absolute atomic E-state index is 0.0192. The highest BCUT2D eigenvalue weighted by Crippen LogP contribution is 2.28. The van der Waals surface area contributed by atoms with E-state index in [2.05, 4.69) is 165 Å². The van der Waals surface area contributed by atoms with Crippen LogP contribution in [0.15, 0.2) is 61.2 Å². The van der Waals surface area contributed by atoms with E-state index in [1.165, 1.54) is 21.1 Å². The Labute approximate surface area is 374 Å². The van der Waals surface area contributed by atoms with E-state index >= 15 is 0 Å². The number of nitrogens with zero attached hydrogens (tertiary/aromatic N) is 6. The first-order valence-corrected chi connectivity index (χ1v) is 23.2. The Kier molecular flexibility index (Phi) is 24.5. The van der Waals surface area contributed by atoms with Crippen molar-refractivity contribution in [1.29, 1.82) is 0 Å². The quantitative estimate of drug-likeness (QED) is 0.139. The number of aromatic nitrogens is 6. The van der Waals surface area contributed by atoms with Gasteiger partial charge in [-0.15, -0.1) is 11.3 Å². The van der Waals surface area contributed by atoms with Gasteiger partial charge in [-0.05, 0) is 88.2 Å². The number of halogens is 2. The largest absolute Gasteiger partial charge is 0.261 e. The van der Waals surface area contributed by atoms with Crippen molar-refractivity contribution in [3.05, 3.63) is 128 Å². The van der Waals surface area contributed by atoms with Crippen LogP contribution in [0.2, 0.25) is 0 Å². The summed E-state index contributed by atoms with van der Waals surface area (Å²) in [4.78, 5) is 18.8. The highest BCUT2D eigenvalue weighted by molar-refractivity contribution is 7.11. The van der Waals surface area contributed by atoms with Gasteiger partial charge in [0, 0.05) is 41.3 Å². The van der Waals surface area contributed by atoms with Crippen molar-refractivity contribution in [1.82, 2.24) is 30.1 Å². The van der Waals surface area contributed by atoms with E-state index in [1.54, 1.807) is 12.1 Å². The van der Waals surface area contributed by atoms with E-state index < -0.39 is 11.6 Å². The van der Waals surface area contributed by atoms with E-state index in [9.17, 15) is 8.78 Å². The number of hydrogen-bond donors (Lipinski definition) is 0. The molecule has 4 heterocycles. The van der Waals surface area contributed by atoms with E-state index in [0.29, 0.717) is 58.5 Å². The second-order valence-corrected chi connectivity index (χ2v) is 19.9. The molecule has 5 rings (SSSR count). The molecule has 4 aromatic heterocycles. The first-order valence-electron chi connectivity index (χ1n) is 22.4. The van der Waals surface area contributed by atoms with Gasteiger partial charge in [0.25, 0.3) is 0 Å². The maximum Gasteiger partial charge on any atom is 0.162 e. The van der Waals surface area contributed by atoms with Crippen LogP contribution in [0.5, 0.6) is 0 Å². The van der Waals surface area contributed by atoms with Crippen LogP contribution in [0.4, 0.5) is 8.78 Å². The van der Waals surface area contributed by atoms with Gasteiger partial charge in [-0.25, -0.2) is 13.8 Å². The third-order valence-electron chi connectivity index (χ3n) is 9.82. The van der Waals surface area contributed by atoms with Crippen molar-refractivity contribution in [3.63, 3.8) is 0 Å². The van der Waals surface area contributed by atoms with E-state index in [1.807, 2.05) is 63.8 Å². The SMILES string of the molecule is CC(C)c1ccc(C(C)C)c(F)c1F.CC(C)c1ccc(C(C)C)nc1.CC(C)c1ccc(C(C)C)nn1.CC(C)c1cnc(C(C)C)cn1.CC(C)c1cnc(C(C)C)s1. The molecular weight excluding hydrogens is 779 g/mol. The Morgan fingerprint density at radius 1 is 0.344 bits per heavy atom. The van der Waals surface area contributed by atoms with Crippen LogP contribution in [0.3, 0.4) is 0 Å². The van der Waals surface area contributed by atoms with Crippen LogP contribution in [-0.4, -0.2) is 30.1 Å². The molecule has 0 fully saturated rings. The van der Waals surface area contributed by atoms with Gasteiger partial charge < -0.3 is 0 Å². The molecule has 0 unspecified atom stereocenters. The zero-order chi connectivity index (χ0) is 46.7. The molecule has 1 aromatic carbocycles. The molecule has 6 nitrogen and oxygen atoms in total. The van der Waals surface area contributed by atoms with Crippen molar-refractivity contribution in [2.45, 2.75) is 198 Å².